The summed E-state index contributed by atoms with van der Waals surface area (Å²) in [7, 11) is 0. The van der Waals surface area contributed by atoms with Gasteiger partial charge in [0.25, 0.3) is 5.91 Å². The number of benzene rings is 2. The van der Waals surface area contributed by atoms with E-state index < -0.39 is 5.91 Å². The number of nitrogens with two attached hydrogens (primary N) is 1. The van der Waals surface area contributed by atoms with Gasteiger partial charge in [0.15, 0.2) is 0 Å². The normalized spacial score (nSPS) is 14.6. The molecule has 0 radical (unpaired) electrons. The number of nitrogens with one attached hydrogen (secondary N) is 2. The summed E-state index contributed by atoms with van der Waals surface area (Å²) in [4.78, 5) is 22.8. The van der Waals surface area contributed by atoms with Crippen LogP contribution in [0, 0.1) is 0 Å². The van der Waals surface area contributed by atoms with Crippen molar-refractivity contribution in [1.82, 2.24) is 5.32 Å². The van der Waals surface area contributed by atoms with E-state index >= 15 is 0 Å². The summed E-state index contributed by atoms with van der Waals surface area (Å²) >= 11 is 0. The van der Waals surface area contributed by atoms with Crippen LogP contribution >= 0.6 is 0 Å². The fourth-order valence-electron chi connectivity index (χ4n) is 3.30. The molecule has 1 unspecified atom stereocenters. The smallest absolute Gasteiger partial charge is 0.251 e. The number of ether oxygens (including phenoxy) is 2. The molecular weight excluding hydrogens is 370 g/mol. The molecule has 1 heterocycles. The SMILES string of the molecule is CCOc1cc(CNc2ccc(C(=O)NCCC(N)=O)cc2)c2c(c1)CC(C)O2. The van der Waals surface area contributed by atoms with Crippen molar-refractivity contribution in [3.05, 3.63) is 53.1 Å². The molecule has 0 aromatic heterocycles. The van der Waals surface area contributed by atoms with Crippen molar-refractivity contribution in [2.24, 2.45) is 5.73 Å². The Balaban J connectivity index is 1.63. The standard InChI is InChI=1S/C22H27N3O4/c1-3-28-19-11-16-10-14(2)29-21(16)17(12-19)13-25-18-6-4-15(5-7-18)22(27)24-9-8-20(23)26/h4-7,11-12,14,25H,3,8-10,13H2,1-2H3,(H2,23,26)(H,24,27). The van der Waals surface area contributed by atoms with Crippen molar-refractivity contribution in [2.75, 3.05) is 18.5 Å². The van der Waals surface area contributed by atoms with E-state index in [-0.39, 0.29) is 25.0 Å². The van der Waals surface area contributed by atoms with Crippen molar-refractivity contribution in [3.63, 3.8) is 0 Å². The third-order valence-electron chi connectivity index (χ3n) is 4.64. The Morgan fingerprint density at radius 2 is 2.00 bits per heavy atom. The lowest BCUT2D eigenvalue weighted by atomic mass is 10.1. The second kappa shape index (κ2) is 9.32. The fraction of sp³-hybridized carbons (Fsp3) is 0.364. The van der Waals surface area contributed by atoms with Gasteiger partial charge in [0.1, 0.15) is 17.6 Å². The first-order valence-electron chi connectivity index (χ1n) is 9.82. The molecule has 7 nitrogen and oxygen atoms in total. The van der Waals surface area contributed by atoms with E-state index in [1.165, 1.54) is 5.56 Å². The van der Waals surface area contributed by atoms with Crippen LogP contribution in [-0.4, -0.2) is 31.1 Å². The largest absolute Gasteiger partial charge is 0.494 e. The highest BCUT2D eigenvalue weighted by atomic mass is 16.5. The van der Waals surface area contributed by atoms with Gasteiger partial charge in [-0.3, -0.25) is 9.59 Å². The highest BCUT2D eigenvalue weighted by Crippen LogP contribution is 2.36. The number of carbonyl (C=O) groups is 2. The number of amides is 2. The van der Waals surface area contributed by atoms with Gasteiger partial charge < -0.3 is 25.8 Å². The second-order valence-corrected chi connectivity index (χ2v) is 7.04. The monoisotopic (exact) mass is 397 g/mol. The van der Waals surface area contributed by atoms with Crippen molar-refractivity contribution in [3.8, 4) is 11.5 Å². The van der Waals surface area contributed by atoms with Crippen LogP contribution in [0.25, 0.3) is 0 Å². The molecule has 2 aromatic rings. The summed E-state index contributed by atoms with van der Waals surface area (Å²) in [6.45, 7) is 5.46. The zero-order valence-corrected chi connectivity index (χ0v) is 16.8. The molecule has 1 aliphatic heterocycles. The van der Waals surface area contributed by atoms with Crippen molar-refractivity contribution < 1.29 is 19.1 Å². The summed E-state index contributed by atoms with van der Waals surface area (Å²) in [5.74, 6) is 1.10. The number of rotatable bonds is 9. The van der Waals surface area contributed by atoms with Gasteiger partial charge in [0, 0.05) is 48.3 Å². The van der Waals surface area contributed by atoms with E-state index in [9.17, 15) is 9.59 Å². The zero-order valence-electron chi connectivity index (χ0n) is 16.8. The Hall–Kier alpha value is -3.22. The Labute approximate surface area is 170 Å². The molecule has 3 rings (SSSR count). The molecule has 1 aliphatic rings. The Morgan fingerprint density at radius 1 is 1.24 bits per heavy atom. The average molecular weight is 397 g/mol. The van der Waals surface area contributed by atoms with Crippen LogP contribution in [0.15, 0.2) is 36.4 Å². The first-order valence-corrected chi connectivity index (χ1v) is 9.82. The molecule has 2 aromatic carbocycles. The molecule has 0 saturated carbocycles. The number of hydrogen-bond acceptors (Lipinski definition) is 5. The van der Waals surface area contributed by atoms with Crippen molar-refractivity contribution in [2.45, 2.75) is 39.3 Å². The topological polar surface area (TPSA) is 103 Å². The van der Waals surface area contributed by atoms with E-state index in [0.717, 1.165) is 29.2 Å². The Bertz CT molecular complexity index is 880. The first-order chi connectivity index (χ1) is 14.0. The lowest BCUT2D eigenvalue weighted by molar-refractivity contribution is -0.117. The minimum absolute atomic E-state index is 0.122. The summed E-state index contributed by atoms with van der Waals surface area (Å²) in [6, 6.07) is 11.2. The molecule has 0 bridgehead atoms. The van der Waals surface area contributed by atoms with Gasteiger partial charge in [-0.1, -0.05) is 0 Å². The molecule has 154 valence electrons. The van der Waals surface area contributed by atoms with Crippen LogP contribution in [0.3, 0.4) is 0 Å². The number of hydrogen-bond donors (Lipinski definition) is 3. The third kappa shape index (κ3) is 5.40. The lowest BCUT2D eigenvalue weighted by Gasteiger charge is -2.14. The molecule has 29 heavy (non-hydrogen) atoms. The highest BCUT2D eigenvalue weighted by molar-refractivity contribution is 5.94. The van der Waals surface area contributed by atoms with Crippen LogP contribution in [0.4, 0.5) is 5.69 Å². The molecule has 7 heteroatoms. The molecule has 0 aliphatic carbocycles. The minimum Gasteiger partial charge on any atom is -0.494 e. The second-order valence-electron chi connectivity index (χ2n) is 7.04. The Morgan fingerprint density at radius 3 is 2.69 bits per heavy atom. The van der Waals surface area contributed by atoms with E-state index in [0.29, 0.717) is 18.7 Å². The Kier molecular flexibility index (Phi) is 6.59. The number of fused-ring (bicyclic) bond motifs is 1. The van der Waals surface area contributed by atoms with Crippen LogP contribution in [-0.2, 0) is 17.8 Å². The summed E-state index contributed by atoms with van der Waals surface area (Å²) < 4.78 is 11.7. The maximum Gasteiger partial charge on any atom is 0.251 e. The maximum absolute atomic E-state index is 12.1. The van der Waals surface area contributed by atoms with Gasteiger partial charge in [-0.2, -0.15) is 0 Å². The van der Waals surface area contributed by atoms with Gasteiger partial charge in [0.2, 0.25) is 5.91 Å². The predicted molar refractivity (Wildman–Crippen MR) is 111 cm³/mol. The molecule has 0 fully saturated rings. The predicted octanol–water partition coefficient (Wildman–Crippen LogP) is 2.63. The summed E-state index contributed by atoms with van der Waals surface area (Å²) in [5.41, 5.74) is 8.70. The maximum atomic E-state index is 12.1. The third-order valence-corrected chi connectivity index (χ3v) is 4.64. The molecule has 0 saturated heterocycles. The van der Waals surface area contributed by atoms with E-state index in [1.54, 1.807) is 12.1 Å². The lowest BCUT2D eigenvalue weighted by Crippen LogP contribution is -2.27. The molecule has 4 N–H and O–H groups in total. The van der Waals surface area contributed by atoms with Gasteiger partial charge in [0.05, 0.1) is 6.61 Å². The van der Waals surface area contributed by atoms with Gasteiger partial charge in [-0.25, -0.2) is 0 Å². The summed E-state index contributed by atoms with van der Waals surface area (Å²) in [5, 5.41) is 6.04. The quantitative estimate of drug-likeness (QED) is 0.604. The molecule has 2 amide bonds. The van der Waals surface area contributed by atoms with E-state index in [4.69, 9.17) is 15.2 Å². The van der Waals surface area contributed by atoms with Gasteiger partial charge in [-0.05, 0) is 50.2 Å². The number of primary amides is 1. The number of carbonyl (C=O) groups excluding carboxylic acids is 2. The number of anilines is 1. The van der Waals surface area contributed by atoms with Gasteiger partial charge in [-0.15, -0.1) is 0 Å². The average Bonchev–Trinajstić information content (AvgIpc) is 3.06. The van der Waals surface area contributed by atoms with Crippen LogP contribution < -0.4 is 25.8 Å². The van der Waals surface area contributed by atoms with Crippen LogP contribution in [0.2, 0.25) is 0 Å². The van der Waals surface area contributed by atoms with Gasteiger partial charge >= 0.3 is 0 Å². The molecule has 1 atom stereocenters. The zero-order chi connectivity index (χ0) is 20.8. The minimum atomic E-state index is -0.442. The molecule has 0 spiro atoms. The van der Waals surface area contributed by atoms with E-state index in [1.807, 2.05) is 25.1 Å². The van der Waals surface area contributed by atoms with Crippen molar-refractivity contribution in [1.29, 1.82) is 0 Å². The van der Waals surface area contributed by atoms with Crippen LogP contribution in [0.5, 0.6) is 11.5 Å². The van der Waals surface area contributed by atoms with E-state index in [2.05, 4.69) is 23.6 Å². The van der Waals surface area contributed by atoms with Crippen molar-refractivity contribution >= 4 is 17.5 Å². The summed E-state index contributed by atoms with van der Waals surface area (Å²) in [6.07, 6.45) is 1.16. The molecular formula is C22H27N3O4. The fourth-order valence-corrected chi connectivity index (χ4v) is 3.30. The highest BCUT2D eigenvalue weighted by Gasteiger charge is 2.23. The van der Waals surface area contributed by atoms with Crippen LogP contribution in [0.1, 0.15) is 41.8 Å². The first kappa shape index (κ1) is 20.5.